The van der Waals surface area contributed by atoms with Gasteiger partial charge in [0.2, 0.25) is 0 Å². The van der Waals surface area contributed by atoms with Crippen LogP contribution in [0.5, 0.6) is 0 Å². The van der Waals surface area contributed by atoms with Gasteiger partial charge in [-0.25, -0.2) is 4.79 Å². The van der Waals surface area contributed by atoms with Crippen LogP contribution in [0.25, 0.3) is 0 Å². The van der Waals surface area contributed by atoms with E-state index >= 15 is 0 Å². The lowest BCUT2D eigenvalue weighted by Crippen LogP contribution is -2.15. The molecule has 4 nitrogen and oxygen atoms in total. The summed E-state index contributed by atoms with van der Waals surface area (Å²) in [6, 6.07) is 0. The molecule has 0 aliphatic rings. The van der Waals surface area contributed by atoms with E-state index in [1.807, 2.05) is 0 Å². The third kappa shape index (κ3) is 10.7. The zero-order valence-corrected chi connectivity index (χ0v) is 8.30. The van der Waals surface area contributed by atoms with Crippen LogP contribution in [0.4, 0.5) is 13.2 Å². The highest BCUT2D eigenvalue weighted by Gasteiger charge is 2.25. The molecule has 0 saturated heterocycles. The van der Waals surface area contributed by atoms with Crippen molar-refractivity contribution < 1.29 is 22.7 Å². The molecule has 0 aromatic carbocycles. The Morgan fingerprint density at radius 3 is 2.73 bits per heavy atom. The molecule has 0 aliphatic heterocycles. The lowest BCUT2D eigenvalue weighted by Gasteiger charge is -2.04. The fourth-order valence-electron chi connectivity index (χ4n) is 0.710. The molecule has 0 amide bonds. The number of hydrogen-bond donors (Lipinski definition) is 1. The van der Waals surface area contributed by atoms with Gasteiger partial charge in [-0.1, -0.05) is 0 Å². The van der Waals surface area contributed by atoms with E-state index in [9.17, 15) is 18.0 Å². The van der Waals surface area contributed by atoms with Crippen LogP contribution in [0, 0.1) is 0 Å². The van der Waals surface area contributed by atoms with Gasteiger partial charge in [-0.05, 0) is 13.3 Å². The molecule has 0 fully saturated rings. The van der Waals surface area contributed by atoms with Crippen LogP contribution in [0.2, 0.25) is 0 Å². The Hall–Kier alpha value is -1.27. The summed E-state index contributed by atoms with van der Waals surface area (Å²) in [6.07, 6.45) is -4.21. The minimum Gasteiger partial charge on any atom is -0.462 e. The Bertz CT molecular complexity index is 216. The maximum atomic E-state index is 11.7. The first-order valence-electron chi connectivity index (χ1n) is 4.45. The van der Waals surface area contributed by atoms with Crippen molar-refractivity contribution in [1.82, 2.24) is 5.43 Å². The maximum absolute atomic E-state index is 11.7. The van der Waals surface area contributed by atoms with Crippen LogP contribution < -0.4 is 5.43 Å². The number of hydrogen-bond acceptors (Lipinski definition) is 4. The molecule has 0 rings (SSSR count). The van der Waals surface area contributed by atoms with Crippen molar-refractivity contribution in [1.29, 1.82) is 0 Å². The Labute approximate surface area is 85.5 Å². The van der Waals surface area contributed by atoms with Crippen LogP contribution >= 0.6 is 0 Å². The molecule has 88 valence electrons. The molecule has 0 aromatic rings. The number of rotatable bonds is 6. The van der Waals surface area contributed by atoms with Gasteiger partial charge in [-0.2, -0.15) is 18.3 Å². The quantitative estimate of drug-likeness (QED) is 0.323. The topological polar surface area (TPSA) is 50.7 Å². The molecular formula is C8H13F3N2O2. The summed E-state index contributed by atoms with van der Waals surface area (Å²) in [5, 5.41) is 3.39. The molecule has 1 N–H and O–H groups in total. The third-order valence-corrected chi connectivity index (χ3v) is 1.30. The van der Waals surface area contributed by atoms with Crippen molar-refractivity contribution in [3.63, 3.8) is 0 Å². The maximum Gasteiger partial charge on any atom is 0.389 e. The van der Waals surface area contributed by atoms with Gasteiger partial charge in [-0.3, -0.25) is 0 Å². The monoisotopic (exact) mass is 226 g/mol. The van der Waals surface area contributed by atoms with Gasteiger partial charge in [0.1, 0.15) is 6.21 Å². The highest BCUT2D eigenvalue weighted by molar-refractivity contribution is 6.23. The summed E-state index contributed by atoms with van der Waals surface area (Å²) < 4.78 is 39.5. The molecule has 0 unspecified atom stereocenters. The summed E-state index contributed by atoms with van der Waals surface area (Å²) in [5.41, 5.74) is 2.32. The molecular weight excluding hydrogens is 213 g/mol. The second kappa shape index (κ2) is 7.08. The predicted molar refractivity (Wildman–Crippen MR) is 48.4 cm³/mol. The fraction of sp³-hybridized carbons (Fsp3) is 0.750. The van der Waals surface area contributed by atoms with E-state index in [1.54, 1.807) is 6.92 Å². The van der Waals surface area contributed by atoms with E-state index < -0.39 is 18.6 Å². The van der Waals surface area contributed by atoms with Gasteiger partial charge in [0.05, 0.1) is 6.61 Å². The predicted octanol–water partition coefficient (Wildman–Crippen LogP) is 1.47. The zero-order chi connectivity index (χ0) is 11.7. The summed E-state index contributed by atoms with van der Waals surface area (Å²) in [6.45, 7) is 1.94. The van der Waals surface area contributed by atoms with Crippen molar-refractivity contribution in [2.45, 2.75) is 25.9 Å². The van der Waals surface area contributed by atoms with Gasteiger partial charge in [-0.15, -0.1) is 0 Å². The van der Waals surface area contributed by atoms with Gasteiger partial charge >= 0.3 is 12.1 Å². The van der Waals surface area contributed by atoms with Crippen LogP contribution in [0.1, 0.15) is 19.8 Å². The van der Waals surface area contributed by atoms with Crippen LogP contribution in [-0.4, -0.2) is 31.5 Å². The number of halogens is 3. The van der Waals surface area contributed by atoms with Gasteiger partial charge in [0, 0.05) is 13.0 Å². The standard InChI is InChI=1S/C8H13F3N2O2/c1-2-15-7(14)6-13-12-5-3-4-8(9,10)11/h6,12H,2-5H2,1H3/b13-6+. The van der Waals surface area contributed by atoms with Crippen LogP contribution in [0.15, 0.2) is 5.10 Å². The Kier molecular flexibility index (Phi) is 6.48. The molecule has 0 saturated carbocycles. The number of nitrogens with zero attached hydrogens (tertiary/aromatic N) is 1. The van der Waals surface area contributed by atoms with E-state index in [1.165, 1.54) is 0 Å². The number of carbonyl (C=O) groups excluding carboxylic acids is 1. The van der Waals surface area contributed by atoms with E-state index in [4.69, 9.17) is 0 Å². The van der Waals surface area contributed by atoms with Crippen molar-refractivity contribution >= 4 is 12.2 Å². The third-order valence-electron chi connectivity index (χ3n) is 1.30. The smallest absolute Gasteiger partial charge is 0.389 e. The lowest BCUT2D eigenvalue weighted by atomic mass is 10.3. The Morgan fingerprint density at radius 1 is 1.53 bits per heavy atom. The number of nitrogens with one attached hydrogen (secondary N) is 1. The van der Waals surface area contributed by atoms with E-state index in [0.717, 1.165) is 6.21 Å². The first-order chi connectivity index (χ1) is 6.95. The van der Waals surface area contributed by atoms with Crippen LogP contribution in [-0.2, 0) is 9.53 Å². The molecule has 0 spiro atoms. The minimum atomic E-state index is -4.15. The highest BCUT2D eigenvalue weighted by Crippen LogP contribution is 2.20. The Morgan fingerprint density at radius 2 is 2.20 bits per heavy atom. The number of esters is 1. The molecule has 7 heteroatoms. The fourth-order valence-corrected chi connectivity index (χ4v) is 0.710. The molecule has 0 atom stereocenters. The average Bonchev–Trinajstić information content (AvgIpc) is 2.09. The lowest BCUT2D eigenvalue weighted by molar-refractivity contribution is -0.136. The van der Waals surface area contributed by atoms with Gasteiger partial charge in [0.25, 0.3) is 0 Å². The van der Waals surface area contributed by atoms with Gasteiger partial charge < -0.3 is 10.2 Å². The highest BCUT2D eigenvalue weighted by atomic mass is 19.4. The molecule has 0 aromatic heterocycles. The molecule has 0 bridgehead atoms. The zero-order valence-electron chi connectivity index (χ0n) is 8.30. The first-order valence-corrected chi connectivity index (χ1v) is 4.45. The Balaban J connectivity index is 3.42. The van der Waals surface area contributed by atoms with Crippen molar-refractivity contribution in [3.8, 4) is 0 Å². The van der Waals surface area contributed by atoms with Crippen LogP contribution in [0.3, 0.4) is 0 Å². The normalized spacial score (nSPS) is 11.7. The summed E-state index contributed by atoms with van der Waals surface area (Å²) in [4.78, 5) is 10.6. The van der Waals surface area contributed by atoms with E-state index in [2.05, 4.69) is 15.3 Å². The summed E-state index contributed by atoms with van der Waals surface area (Å²) >= 11 is 0. The molecule has 0 aliphatic carbocycles. The van der Waals surface area contributed by atoms with Crippen molar-refractivity contribution in [3.05, 3.63) is 0 Å². The van der Waals surface area contributed by atoms with Crippen molar-refractivity contribution in [2.75, 3.05) is 13.2 Å². The first kappa shape index (κ1) is 13.7. The summed E-state index contributed by atoms with van der Waals surface area (Å²) in [7, 11) is 0. The molecule has 0 heterocycles. The van der Waals surface area contributed by atoms with Crippen molar-refractivity contribution in [2.24, 2.45) is 5.10 Å². The summed E-state index contributed by atoms with van der Waals surface area (Å²) in [5.74, 6) is -0.624. The number of alkyl halides is 3. The van der Waals surface area contributed by atoms with E-state index in [-0.39, 0.29) is 19.6 Å². The van der Waals surface area contributed by atoms with E-state index in [0.29, 0.717) is 0 Å². The average molecular weight is 226 g/mol. The number of ether oxygens (including phenoxy) is 1. The SMILES string of the molecule is CCOC(=O)/C=N/NCCCC(F)(F)F. The second-order valence-electron chi connectivity index (χ2n) is 2.64. The molecule has 15 heavy (non-hydrogen) atoms. The number of hydrazone groups is 1. The number of carbonyl (C=O) groups is 1. The van der Waals surface area contributed by atoms with Gasteiger partial charge in [0.15, 0.2) is 0 Å². The molecule has 0 radical (unpaired) electrons. The second-order valence-corrected chi connectivity index (χ2v) is 2.64. The minimum absolute atomic E-state index is 0.0649. The largest absolute Gasteiger partial charge is 0.462 e.